The highest BCUT2D eigenvalue weighted by Crippen LogP contribution is 2.23. The summed E-state index contributed by atoms with van der Waals surface area (Å²) in [5, 5.41) is 13.7. The molecule has 3 heterocycles. The summed E-state index contributed by atoms with van der Waals surface area (Å²) in [6.45, 7) is 3.53. The molecule has 20 heavy (non-hydrogen) atoms. The van der Waals surface area contributed by atoms with Crippen molar-refractivity contribution >= 4 is 5.82 Å². The first-order chi connectivity index (χ1) is 9.76. The highest BCUT2D eigenvalue weighted by Gasteiger charge is 2.19. The topological polar surface area (TPSA) is 75.3 Å². The van der Waals surface area contributed by atoms with E-state index in [1.807, 2.05) is 19.1 Å². The van der Waals surface area contributed by atoms with Gasteiger partial charge in [0.1, 0.15) is 5.82 Å². The van der Waals surface area contributed by atoms with Crippen molar-refractivity contribution in [1.82, 2.24) is 15.1 Å². The zero-order chi connectivity index (χ0) is 13.9. The van der Waals surface area contributed by atoms with E-state index in [4.69, 9.17) is 4.52 Å². The second kappa shape index (κ2) is 5.58. The predicted octanol–water partition coefficient (Wildman–Crippen LogP) is 1.66. The van der Waals surface area contributed by atoms with E-state index in [2.05, 4.69) is 20.0 Å². The van der Waals surface area contributed by atoms with Crippen LogP contribution in [0.5, 0.6) is 0 Å². The number of rotatable bonds is 3. The fourth-order valence-electron chi connectivity index (χ4n) is 2.40. The number of aryl methyl sites for hydroxylation is 1. The molecule has 2 aromatic heterocycles. The van der Waals surface area contributed by atoms with E-state index in [0.29, 0.717) is 18.3 Å². The van der Waals surface area contributed by atoms with Crippen LogP contribution in [0.25, 0.3) is 11.5 Å². The van der Waals surface area contributed by atoms with Crippen LogP contribution in [0.3, 0.4) is 0 Å². The molecule has 2 aromatic rings. The Balaban J connectivity index is 1.85. The molecule has 0 bridgehead atoms. The van der Waals surface area contributed by atoms with Crippen molar-refractivity contribution in [2.24, 2.45) is 0 Å². The number of nitrogens with zero attached hydrogens (tertiary/aromatic N) is 4. The normalized spacial score (nSPS) is 19.3. The summed E-state index contributed by atoms with van der Waals surface area (Å²) in [5.41, 5.74) is 0.863. The third-order valence-corrected chi connectivity index (χ3v) is 3.50. The van der Waals surface area contributed by atoms with Crippen molar-refractivity contribution in [3.63, 3.8) is 0 Å². The molecule has 1 aliphatic rings. The summed E-state index contributed by atoms with van der Waals surface area (Å²) in [6.07, 6.45) is 4.05. The molecule has 6 nitrogen and oxygen atoms in total. The van der Waals surface area contributed by atoms with Gasteiger partial charge >= 0.3 is 0 Å². The maximum Gasteiger partial charge on any atom is 0.258 e. The molecule has 0 spiro atoms. The summed E-state index contributed by atoms with van der Waals surface area (Å²) >= 11 is 0. The molecule has 0 aliphatic carbocycles. The summed E-state index contributed by atoms with van der Waals surface area (Å²) < 4.78 is 5.25. The molecule has 0 radical (unpaired) electrons. The number of β-amino-alcohol motifs (C(OH)–C–C–N with tert-alkyl or cyclic N) is 1. The van der Waals surface area contributed by atoms with Gasteiger partial charge < -0.3 is 14.5 Å². The number of anilines is 1. The molecular weight excluding hydrogens is 256 g/mol. The van der Waals surface area contributed by atoms with E-state index in [-0.39, 0.29) is 6.10 Å². The molecule has 3 rings (SSSR count). The number of piperidine rings is 1. The second-order valence-corrected chi connectivity index (χ2v) is 5.01. The van der Waals surface area contributed by atoms with Crippen LogP contribution in [0.1, 0.15) is 25.6 Å². The first-order valence-electron chi connectivity index (χ1n) is 6.98. The van der Waals surface area contributed by atoms with Crippen LogP contribution in [0.15, 0.2) is 22.9 Å². The zero-order valence-electron chi connectivity index (χ0n) is 11.5. The molecule has 0 aromatic carbocycles. The second-order valence-electron chi connectivity index (χ2n) is 5.01. The van der Waals surface area contributed by atoms with E-state index in [1.165, 1.54) is 0 Å². The van der Waals surface area contributed by atoms with Crippen molar-refractivity contribution in [1.29, 1.82) is 0 Å². The molecule has 1 N–H and O–H groups in total. The molecule has 0 saturated carbocycles. The van der Waals surface area contributed by atoms with Crippen molar-refractivity contribution in [3.8, 4) is 11.5 Å². The Labute approximate surface area is 117 Å². The smallest absolute Gasteiger partial charge is 0.258 e. The lowest BCUT2D eigenvalue weighted by Crippen LogP contribution is -2.38. The summed E-state index contributed by atoms with van der Waals surface area (Å²) in [5.74, 6) is 2.06. The van der Waals surface area contributed by atoms with Gasteiger partial charge in [0.2, 0.25) is 0 Å². The SMILES string of the molecule is CCc1noc(-c2ccnc(N3CCCC(O)C3)c2)n1. The van der Waals surface area contributed by atoms with E-state index in [9.17, 15) is 5.11 Å². The van der Waals surface area contributed by atoms with Gasteiger partial charge in [0.15, 0.2) is 5.82 Å². The van der Waals surface area contributed by atoms with Crippen molar-refractivity contribution in [2.45, 2.75) is 32.3 Å². The van der Waals surface area contributed by atoms with Crippen LogP contribution >= 0.6 is 0 Å². The van der Waals surface area contributed by atoms with Gasteiger partial charge in [0.05, 0.1) is 6.10 Å². The van der Waals surface area contributed by atoms with E-state index >= 15 is 0 Å². The monoisotopic (exact) mass is 274 g/mol. The number of aliphatic hydroxyl groups excluding tert-OH is 1. The minimum atomic E-state index is -0.274. The number of hydrogen-bond acceptors (Lipinski definition) is 6. The number of aliphatic hydroxyl groups is 1. The van der Waals surface area contributed by atoms with E-state index in [0.717, 1.165) is 37.2 Å². The van der Waals surface area contributed by atoms with Gasteiger partial charge in [-0.1, -0.05) is 12.1 Å². The first kappa shape index (κ1) is 13.1. The molecule has 1 unspecified atom stereocenters. The zero-order valence-corrected chi connectivity index (χ0v) is 11.5. The fourth-order valence-corrected chi connectivity index (χ4v) is 2.40. The quantitative estimate of drug-likeness (QED) is 0.917. The standard InChI is InChI=1S/C14H18N4O2/c1-2-12-16-14(20-17-12)10-5-6-15-13(8-10)18-7-3-4-11(19)9-18/h5-6,8,11,19H,2-4,7,9H2,1H3. The van der Waals surface area contributed by atoms with E-state index in [1.54, 1.807) is 6.20 Å². The van der Waals surface area contributed by atoms with Gasteiger partial charge in [0, 0.05) is 31.3 Å². The number of hydrogen-bond donors (Lipinski definition) is 1. The molecule has 1 saturated heterocycles. The Morgan fingerprint density at radius 1 is 1.50 bits per heavy atom. The lowest BCUT2D eigenvalue weighted by atomic mass is 10.1. The highest BCUT2D eigenvalue weighted by atomic mass is 16.5. The molecule has 1 fully saturated rings. The van der Waals surface area contributed by atoms with Crippen LogP contribution in [0, 0.1) is 0 Å². The van der Waals surface area contributed by atoms with Gasteiger partial charge in [-0.25, -0.2) is 4.98 Å². The average Bonchev–Trinajstić information content (AvgIpc) is 2.96. The Kier molecular flexibility index (Phi) is 3.64. The summed E-state index contributed by atoms with van der Waals surface area (Å²) in [4.78, 5) is 10.8. The minimum absolute atomic E-state index is 0.274. The van der Waals surface area contributed by atoms with Gasteiger partial charge in [-0.05, 0) is 25.0 Å². The third-order valence-electron chi connectivity index (χ3n) is 3.50. The molecule has 1 atom stereocenters. The average molecular weight is 274 g/mol. The van der Waals surface area contributed by atoms with E-state index < -0.39 is 0 Å². The van der Waals surface area contributed by atoms with Crippen LogP contribution in [-0.4, -0.2) is 39.4 Å². The molecule has 0 amide bonds. The highest BCUT2D eigenvalue weighted by molar-refractivity contribution is 5.58. The van der Waals surface area contributed by atoms with Crippen LogP contribution in [-0.2, 0) is 6.42 Å². The first-order valence-corrected chi connectivity index (χ1v) is 6.98. The Morgan fingerprint density at radius 2 is 2.40 bits per heavy atom. The summed E-state index contributed by atoms with van der Waals surface area (Å²) in [7, 11) is 0. The number of pyridine rings is 1. The Hall–Kier alpha value is -1.95. The Bertz CT molecular complexity index is 584. The van der Waals surface area contributed by atoms with Crippen LogP contribution in [0.4, 0.5) is 5.82 Å². The lowest BCUT2D eigenvalue weighted by Gasteiger charge is -2.31. The van der Waals surface area contributed by atoms with Gasteiger partial charge in [-0.15, -0.1) is 0 Å². The van der Waals surface area contributed by atoms with Crippen LogP contribution in [0.2, 0.25) is 0 Å². The van der Waals surface area contributed by atoms with Crippen LogP contribution < -0.4 is 4.90 Å². The third kappa shape index (κ3) is 2.65. The van der Waals surface area contributed by atoms with Gasteiger partial charge in [-0.3, -0.25) is 0 Å². The number of aromatic nitrogens is 3. The lowest BCUT2D eigenvalue weighted by molar-refractivity contribution is 0.154. The van der Waals surface area contributed by atoms with Gasteiger partial charge in [-0.2, -0.15) is 4.98 Å². The molecule has 6 heteroatoms. The van der Waals surface area contributed by atoms with Crippen molar-refractivity contribution in [2.75, 3.05) is 18.0 Å². The van der Waals surface area contributed by atoms with Crippen molar-refractivity contribution < 1.29 is 9.63 Å². The Morgan fingerprint density at radius 3 is 3.15 bits per heavy atom. The summed E-state index contributed by atoms with van der Waals surface area (Å²) in [6, 6.07) is 3.79. The maximum absolute atomic E-state index is 9.75. The van der Waals surface area contributed by atoms with Crippen molar-refractivity contribution in [3.05, 3.63) is 24.2 Å². The predicted molar refractivity (Wildman–Crippen MR) is 74.4 cm³/mol. The largest absolute Gasteiger partial charge is 0.391 e. The molecular formula is C14H18N4O2. The fraction of sp³-hybridized carbons (Fsp3) is 0.500. The minimum Gasteiger partial charge on any atom is -0.391 e. The maximum atomic E-state index is 9.75. The molecule has 106 valence electrons. The molecule has 1 aliphatic heterocycles. The van der Waals surface area contributed by atoms with Gasteiger partial charge in [0.25, 0.3) is 5.89 Å².